The summed E-state index contributed by atoms with van der Waals surface area (Å²) in [5.74, 6) is -1.25. The Labute approximate surface area is 223 Å². The number of hydrogen-bond acceptors (Lipinski definition) is 6. The lowest BCUT2D eigenvalue weighted by molar-refractivity contribution is -0.192. The van der Waals surface area contributed by atoms with Crippen molar-refractivity contribution in [2.24, 2.45) is 0 Å². The highest BCUT2D eigenvalue weighted by Crippen LogP contribution is 2.49. The molecule has 3 unspecified atom stereocenters. The van der Waals surface area contributed by atoms with E-state index in [0.717, 1.165) is 43.7 Å². The molecule has 0 radical (unpaired) electrons. The number of benzene rings is 1. The van der Waals surface area contributed by atoms with E-state index in [-0.39, 0.29) is 17.5 Å². The number of methoxy groups -OCH3 is 2. The Hall–Kier alpha value is -3.25. The summed E-state index contributed by atoms with van der Waals surface area (Å²) < 4.78 is 42.7. The number of carboxylic acids is 1. The number of fused-ring (bicyclic) bond motifs is 1. The first-order chi connectivity index (χ1) is 17.9. The van der Waals surface area contributed by atoms with E-state index < -0.39 is 12.1 Å². The van der Waals surface area contributed by atoms with Crippen molar-refractivity contribution in [1.82, 2.24) is 15.2 Å². The van der Waals surface area contributed by atoms with Gasteiger partial charge in [-0.1, -0.05) is 17.7 Å². The number of carbonyl (C=O) groups excluding carboxylic acids is 1. The zero-order valence-corrected chi connectivity index (χ0v) is 21.9. The van der Waals surface area contributed by atoms with Crippen molar-refractivity contribution in [2.75, 3.05) is 33.1 Å². The largest absolute Gasteiger partial charge is 0.493 e. The Morgan fingerprint density at radius 1 is 1.16 bits per heavy atom. The predicted molar refractivity (Wildman–Crippen MR) is 135 cm³/mol. The van der Waals surface area contributed by atoms with E-state index in [9.17, 15) is 18.0 Å². The second kappa shape index (κ2) is 12.1. The standard InChI is InChI=1S/C23H29ClN4O3.C2HF3O2/c1-28-11-10-23(15-4-6-18(30-2)19(12-15)31-3)9-8-16(13-20(23)28)26-22(29)27-17-5-7-21(24)25-14-17;3-2(4,5)1(6)7/h4-7,12,14,16,20H,8-11,13H2,1-3H3,(H2,26,27,29);(H,6,7). The maximum atomic E-state index is 12.5. The molecule has 208 valence electrons. The Morgan fingerprint density at radius 3 is 2.42 bits per heavy atom. The number of ether oxygens (including phenoxy) is 2. The van der Waals surface area contributed by atoms with Crippen LogP contribution in [0.4, 0.5) is 23.7 Å². The van der Waals surface area contributed by atoms with E-state index in [0.29, 0.717) is 16.9 Å². The number of alkyl halides is 3. The van der Waals surface area contributed by atoms with Crippen LogP contribution >= 0.6 is 11.6 Å². The summed E-state index contributed by atoms with van der Waals surface area (Å²) in [6.45, 7) is 1.04. The maximum Gasteiger partial charge on any atom is 0.490 e. The number of likely N-dealkylation sites (N-methyl/N-ethyl adjacent to an activating group) is 1. The fraction of sp³-hybridized carbons (Fsp3) is 0.480. The van der Waals surface area contributed by atoms with E-state index >= 15 is 0 Å². The van der Waals surface area contributed by atoms with Crippen molar-refractivity contribution in [3.05, 3.63) is 47.2 Å². The molecule has 1 aliphatic carbocycles. The van der Waals surface area contributed by atoms with Crippen LogP contribution in [0.1, 0.15) is 31.2 Å². The number of carbonyl (C=O) groups is 2. The number of urea groups is 1. The second-order valence-corrected chi connectivity index (χ2v) is 9.60. The number of hydrogen-bond donors (Lipinski definition) is 3. The third-order valence-electron chi connectivity index (χ3n) is 7.05. The SMILES string of the molecule is COc1ccc(C23CCC(NC(=O)Nc4ccc(Cl)nc4)CC2N(C)CC3)cc1OC.O=C(O)C(F)(F)F. The van der Waals surface area contributed by atoms with Crippen LogP contribution in [0.15, 0.2) is 36.5 Å². The minimum absolute atomic E-state index is 0.0586. The topological polar surface area (TPSA) is 113 Å². The van der Waals surface area contributed by atoms with Gasteiger partial charge >= 0.3 is 18.2 Å². The van der Waals surface area contributed by atoms with Gasteiger partial charge in [0.15, 0.2) is 11.5 Å². The molecule has 3 atom stereocenters. The van der Waals surface area contributed by atoms with Gasteiger partial charge in [-0.05, 0) is 69.1 Å². The van der Waals surface area contributed by atoms with Crippen LogP contribution in [0.3, 0.4) is 0 Å². The van der Waals surface area contributed by atoms with Crippen LogP contribution in [0.2, 0.25) is 5.15 Å². The summed E-state index contributed by atoms with van der Waals surface area (Å²) in [7, 11) is 5.51. The number of anilines is 1. The van der Waals surface area contributed by atoms with E-state index in [4.69, 9.17) is 31.0 Å². The van der Waals surface area contributed by atoms with Gasteiger partial charge in [0.1, 0.15) is 5.15 Å². The van der Waals surface area contributed by atoms with E-state index in [1.54, 1.807) is 32.5 Å². The fourth-order valence-corrected chi connectivity index (χ4v) is 5.31. The van der Waals surface area contributed by atoms with E-state index in [2.05, 4.69) is 39.7 Å². The molecule has 1 saturated heterocycles. The van der Waals surface area contributed by atoms with Gasteiger partial charge in [-0.15, -0.1) is 0 Å². The van der Waals surface area contributed by atoms with Gasteiger partial charge in [0.05, 0.1) is 26.1 Å². The number of aliphatic carboxylic acids is 1. The molecule has 3 N–H and O–H groups in total. The summed E-state index contributed by atoms with van der Waals surface area (Å²) in [4.78, 5) is 27.8. The molecule has 13 heteroatoms. The van der Waals surface area contributed by atoms with E-state index in [1.165, 1.54) is 5.56 Å². The van der Waals surface area contributed by atoms with Crippen molar-refractivity contribution in [3.63, 3.8) is 0 Å². The highest BCUT2D eigenvalue weighted by atomic mass is 35.5. The molecule has 4 rings (SSSR count). The molecule has 2 fully saturated rings. The van der Waals surface area contributed by atoms with Crippen LogP contribution in [0, 0.1) is 0 Å². The van der Waals surface area contributed by atoms with Crippen LogP contribution in [-0.2, 0) is 10.2 Å². The third kappa shape index (κ3) is 6.79. The molecule has 1 saturated carbocycles. The van der Waals surface area contributed by atoms with Gasteiger partial charge in [-0.2, -0.15) is 13.2 Å². The molecule has 1 aromatic heterocycles. The van der Waals surface area contributed by atoms with Gasteiger partial charge in [0.2, 0.25) is 0 Å². The number of carboxylic acid groups (broad SMARTS) is 1. The van der Waals surface area contributed by atoms with Crippen molar-refractivity contribution in [1.29, 1.82) is 0 Å². The Bertz CT molecular complexity index is 1130. The summed E-state index contributed by atoms with van der Waals surface area (Å²) >= 11 is 5.81. The molecule has 2 heterocycles. The summed E-state index contributed by atoms with van der Waals surface area (Å²) in [6, 6.07) is 9.93. The zero-order chi connectivity index (χ0) is 28.1. The lowest BCUT2D eigenvalue weighted by Gasteiger charge is -2.45. The number of amides is 2. The monoisotopic (exact) mass is 558 g/mol. The van der Waals surface area contributed by atoms with Gasteiger partial charge in [0, 0.05) is 17.5 Å². The Balaban J connectivity index is 0.000000505. The molecule has 9 nitrogen and oxygen atoms in total. The second-order valence-electron chi connectivity index (χ2n) is 9.21. The average molecular weight is 559 g/mol. The first-order valence-electron chi connectivity index (χ1n) is 11.8. The number of nitrogens with one attached hydrogen (secondary N) is 2. The normalized spacial score (nSPS) is 22.9. The van der Waals surface area contributed by atoms with Gasteiger partial charge in [-0.25, -0.2) is 14.6 Å². The van der Waals surface area contributed by atoms with Gasteiger partial charge in [-0.3, -0.25) is 0 Å². The number of likely N-dealkylation sites (tertiary alicyclic amines) is 1. The minimum atomic E-state index is -5.08. The highest BCUT2D eigenvalue weighted by molar-refractivity contribution is 6.29. The summed E-state index contributed by atoms with van der Waals surface area (Å²) in [5.41, 5.74) is 1.97. The minimum Gasteiger partial charge on any atom is -0.493 e. The lowest BCUT2D eigenvalue weighted by atomic mass is 9.65. The molecule has 2 aliphatic rings. The van der Waals surface area contributed by atoms with Crippen LogP contribution in [-0.4, -0.2) is 73.1 Å². The first-order valence-corrected chi connectivity index (χ1v) is 12.2. The van der Waals surface area contributed by atoms with Crippen molar-refractivity contribution in [2.45, 2.75) is 49.4 Å². The molecular formula is C25H30ClF3N4O5. The van der Waals surface area contributed by atoms with Crippen LogP contribution in [0.25, 0.3) is 0 Å². The highest BCUT2D eigenvalue weighted by Gasteiger charge is 2.50. The molecule has 0 spiro atoms. The Kier molecular flexibility index (Phi) is 9.31. The predicted octanol–water partition coefficient (Wildman–Crippen LogP) is 4.70. The van der Waals surface area contributed by atoms with Gasteiger partial charge in [0.25, 0.3) is 0 Å². The number of rotatable bonds is 5. The number of halogens is 4. The molecular weight excluding hydrogens is 529 g/mol. The maximum absolute atomic E-state index is 12.5. The summed E-state index contributed by atoms with van der Waals surface area (Å²) in [5, 5.41) is 13.5. The average Bonchev–Trinajstić information content (AvgIpc) is 3.21. The third-order valence-corrected chi connectivity index (χ3v) is 7.27. The van der Waals surface area contributed by atoms with Crippen LogP contribution < -0.4 is 20.1 Å². The van der Waals surface area contributed by atoms with Crippen molar-refractivity contribution >= 4 is 29.3 Å². The smallest absolute Gasteiger partial charge is 0.490 e. The summed E-state index contributed by atoms with van der Waals surface area (Å²) in [6.07, 6.45) is 0.391. The molecule has 0 bridgehead atoms. The number of pyridine rings is 1. The Morgan fingerprint density at radius 2 is 1.84 bits per heavy atom. The van der Waals surface area contributed by atoms with Gasteiger partial charge < -0.3 is 30.1 Å². The fourth-order valence-electron chi connectivity index (χ4n) is 5.20. The molecule has 38 heavy (non-hydrogen) atoms. The van der Waals surface area contributed by atoms with Crippen molar-refractivity contribution < 1.29 is 37.3 Å². The first kappa shape index (κ1) is 29.3. The molecule has 1 aromatic carbocycles. The molecule has 1 aliphatic heterocycles. The number of nitrogens with zero attached hydrogens (tertiary/aromatic N) is 2. The van der Waals surface area contributed by atoms with Crippen LogP contribution in [0.5, 0.6) is 11.5 Å². The molecule has 2 amide bonds. The quantitative estimate of drug-likeness (QED) is 0.456. The van der Waals surface area contributed by atoms with E-state index in [1.807, 2.05) is 6.07 Å². The number of aromatic nitrogens is 1. The molecule has 2 aromatic rings. The lowest BCUT2D eigenvalue weighted by Crippen LogP contribution is -2.52. The van der Waals surface area contributed by atoms with Crippen molar-refractivity contribution in [3.8, 4) is 11.5 Å². The zero-order valence-electron chi connectivity index (χ0n) is 21.1.